The molecule has 0 N–H and O–H groups in total. The van der Waals surface area contributed by atoms with E-state index in [0.717, 1.165) is 5.71 Å². The Labute approximate surface area is 67.8 Å². The molecule has 0 saturated heterocycles. The highest BCUT2D eigenvalue weighted by molar-refractivity contribution is 5.98. The molecule has 0 aromatic heterocycles. The van der Waals surface area contributed by atoms with Gasteiger partial charge in [0.1, 0.15) is 0 Å². The van der Waals surface area contributed by atoms with Gasteiger partial charge in [-0.3, -0.25) is 4.99 Å². The molecule has 1 heteroatoms. The second-order valence-corrected chi connectivity index (χ2v) is 2.68. The quantitative estimate of drug-likeness (QED) is 0.541. The molecular weight excluding hydrogens is 134 g/mol. The van der Waals surface area contributed by atoms with Crippen LogP contribution in [0.4, 0.5) is 0 Å². The fraction of sp³-hybridized carbons (Fsp3) is 0.300. The van der Waals surface area contributed by atoms with Gasteiger partial charge < -0.3 is 0 Å². The third kappa shape index (κ3) is 1.90. The summed E-state index contributed by atoms with van der Waals surface area (Å²) in [6.45, 7) is 4.11. The summed E-state index contributed by atoms with van der Waals surface area (Å²) in [4.78, 5) is 4.12. The van der Waals surface area contributed by atoms with Crippen molar-refractivity contribution in [2.24, 2.45) is 4.99 Å². The predicted octanol–water partition coefficient (Wildman–Crippen LogP) is 2.43. The van der Waals surface area contributed by atoms with E-state index in [1.54, 1.807) is 0 Å². The van der Waals surface area contributed by atoms with E-state index < -0.39 is 0 Å². The lowest BCUT2D eigenvalue weighted by atomic mass is 10.1. The fourth-order valence-electron chi connectivity index (χ4n) is 0.999. The molecule has 11 heavy (non-hydrogen) atoms. The van der Waals surface area contributed by atoms with Crippen LogP contribution < -0.4 is 0 Å². The third-order valence-electron chi connectivity index (χ3n) is 1.77. The van der Waals surface area contributed by atoms with Gasteiger partial charge in [0.25, 0.3) is 0 Å². The first-order valence-electron chi connectivity index (χ1n) is 3.74. The minimum absolute atomic E-state index is 1.09. The molecule has 1 aromatic rings. The molecule has 0 aliphatic carbocycles. The molecule has 0 spiro atoms. The highest BCUT2D eigenvalue weighted by Crippen LogP contribution is 2.04. The van der Waals surface area contributed by atoms with Gasteiger partial charge in [0.2, 0.25) is 0 Å². The van der Waals surface area contributed by atoms with Gasteiger partial charge in [-0.25, -0.2) is 0 Å². The molecule has 0 unspecified atom stereocenters. The Balaban J connectivity index is 3.06. The van der Waals surface area contributed by atoms with Crippen molar-refractivity contribution in [1.82, 2.24) is 0 Å². The van der Waals surface area contributed by atoms with Gasteiger partial charge >= 0.3 is 0 Å². The maximum absolute atomic E-state index is 4.12. The Bertz CT molecular complexity index is 274. The first-order valence-corrected chi connectivity index (χ1v) is 3.74. The summed E-state index contributed by atoms with van der Waals surface area (Å²) < 4.78 is 0. The van der Waals surface area contributed by atoms with Gasteiger partial charge in [-0.2, -0.15) is 0 Å². The van der Waals surface area contributed by atoms with Gasteiger partial charge in [0, 0.05) is 12.8 Å². The Kier molecular flexibility index (Phi) is 2.42. The van der Waals surface area contributed by atoms with Crippen molar-refractivity contribution in [3.8, 4) is 0 Å². The van der Waals surface area contributed by atoms with Crippen LogP contribution in [0.25, 0.3) is 0 Å². The average Bonchev–Trinajstić information content (AvgIpc) is 2.03. The lowest BCUT2D eigenvalue weighted by molar-refractivity contribution is 1.39. The topological polar surface area (TPSA) is 12.4 Å². The molecule has 0 atom stereocenters. The molecule has 1 rings (SSSR count). The second-order valence-electron chi connectivity index (χ2n) is 2.68. The Morgan fingerprint density at radius 1 is 1.36 bits per heavy atom. The Hall–Kier alpha value is -1.11. The van der Waals surface area contributed by atoms with Gasteiger partial charge in [-0.1, -0.05) is 29.8 Å². The van der Waals surface area contributed by atoms with E-state index in [1.807, 2.05) is 14.0 Å². The number of nitrogens with zero attached hydrogens (tertiary/aromatic N) is 1. The minimum Gasteiger partial charge on any atom is -0.293 e. The molecule has 0 aliphatic heterocycles. The summed E-state index contributed by atoms with van der Waals surface area (Å²) in [6, 6.07) is 8.36. The van der Waals surface area contributed by atoms with Gasteiger partial charge in [0.15, 0.2) is 0 Å². The van der Waals surface area contributed by atoms with Crippen LogP contribution in [0.15, 0.2) is 29.3 Å². The van der Waals surface area contributed by atoms with Crippen LogP contribution in [0.3, 0.4) is 0 Å². The molecule has 1 nitrogen and oxygen atoms in total. The zero-order valence-electron chi connectivity index (χ0n) is 7.26. The monoisotopic (exact) mass is 147 g/mol. The summed E-state index contributed by atoms with van der Waals surface area (Å²) in [6.07, 6.45) is 0. The van der Waals surface area contributed by atoms with Crippen molar-refractivity contribution in [2.75, 3.05) is 7.05 Å². The van der Waals surface area contributed by atoms with Crippen LogP contribution in [0.5, 0.6) is 0 Å². The Morgan fingerprint density at radius 3 is 2.64 bits per heavy atom. The SMILES string of the molecule is CN=C(C)c1cccc(C)c1. The van der Waals surface area contributed by atoms with Crippen LogP contribution in [-0.2, 0) is 0 Å². The van der Waals surface area contributed by atoms with Crippen LogP contribution in [0, 0.1) is 6.92 Å². The lowest BCUT2D eigenvalue weighted by Crippen LogP contribution is -1.93. The zero-order valence-corrected chi connectivity index (χ0v) is 7.26. The second kappa shape index (κ2) is 3.33. The highest BCUT2D eigenvalue weighted by Gasteiger charge is 1.93. The number of rotatable bonds is 1. The van der Waals surface area contributed by atoms with E-state index in [2.05, 4.69) is 36.2 Å². The van der Waals surface area contributed by atoms with Crippen molar-refractivity contribution in [3.63, 3.8) is 0 Å². The average molecular weight is 147 g/mol. The highest BCUT2D eigenvalue weighted by atomic mass is 14.7. The number of hydrogen-bond donors (Lipinski definition) is 0. The van der Waals surface area contributed by atoms with Gasteiger partial charge in [0.05, 0.1) is 0 Å². The molecule has 0 amide bonds. The van der Waals surface area contributed by atoms with E-state index in [1.165, 1.54) is 11.1 Å². The molecule has 0 fully saturated rings. The molecule has 1 aromatic carbocycles. The van der Waals surface area contributed by atoms with Crippen molar-refractivity contribution >= 4 is 5.71 Å². The molecule has 0 saturated carbocycles. The molecule has 0 bridgehead atoms. The number of aliphatic imine (C=N–C) groups is 1. The van der Waals surface area contributed by atoms with Crippen molar-refractivity contribution < 1.29 is 0 Å². The first kappa shape index (κ1) is 7.99. The number of hydrogen-bond acceptors (Lipinski definition) is 1. The van der Waals surface area contributed by atoms with Crippen LogP contribution >= 0.6 is 0 Å². The molecular formula is C10H13N. The summed E-state index contributed by atoms with van der Waals surface area (Å²) in [5, 5.41) is 0. The minimum atomic E-state index is 1.09. The maximum atomic E-state index is 4.12. The summed E-state index contributed by atoms with van der Waals surface area (Å²) in [5.74, 6) is 0. The largest absolute Gasteiger partial charge is 0.293 e. The van der Waals surface area contributed by atoms with Crippen molar-refractivity contribution in [1.29, 1.82) is 0 Å². The third-order valence-corrected chi connectivity index (χ3v) is 1.77. The van der Waals surface area contributed by atoms with Crippen molar-refractivity contribution in [2.45, 2.75) is 13.8 Å². The zero-order chi connectivity index (χ0) is 8.27. The number of benzene rings is 1. The molecule has 0 heterocycles. The summed E-state index contributed by atoms with van der Waals surface area (Å²) >= 11 is 0. The maximum Gasteiger partial charge on any atom is 0.0386 e. The summed E-state index contributed by atoms with van der Waals surface area (Å²) in [5.41, 5.74) is 3.59. The molecule has 58 valence electrons. The number of aryl methyl sites for hydroxylation is 1. The van der Waals surface area contributed by atoms with Gasteiger partial charge in [-0.15, -0.1) is 0 Å². The standard InChI is InChI=1S/C10H13N/c1-8-5-4-6-10(7-8)9(2)11-3/h4-7H,1-3H3. The first-order chi connectivity index (χ1) is 5.24. The Morgan fingerprint density at radius 2 is 2.09 bits per heavy atom. The molecule has 0 radical (unpaired) electrons. The van der Waals surface area contributed by atoms with Crippen LogP contribution in [0.1, 0.15) is 18.1 Å². The van der Waals surface area contributed by atoms with E-state index >= 15 is 0 Å². The fourth-order valence-corrected chi connectivity index (χ4v) is 0.999. The molecule has 0 aliphatic rings. The van der Waals surface area contributed by atoms with E-state index in [-0.39, 0.29) is 0 Å². The normalized spacial score (nSPS) is 11.7. The van der Waals surface area contributed by atoms with Crippen LogP contribution in [0.2, 0.25) is 0 Å². The smallest absolute Gasteiger partial charge is 0.0386 e. The van der Waals surface area contributed by atoms with E-state index in [4.69, 9.17) is 0 Å². The van der Waals surface area contributed by atoms with Crippen molar-refractivity contribution in [3.05, 3.63) is 35.4 Å². The van der Waals surface area contributed by atoms with Crippen LogP contribution in [-0.4, -0.2) is 12.8 Å². The predicted molar refractivity (Wildman–Crippen MR) is 49.3 cm³/mol. The van der Waals surface area contributed by atoms with E-state index in [0.29, 0.717) is 0 Å². The lowest BCUT2D eigenvalue weighted by Gasteiger charge is -1.99. The van der Waals surface area contributed by atoms with E-state index in [9.17, 15) is 0 Å². The van der Waals surface area contributed by atoms with Gasteiger partial charge in [-0.05, 0) is 19.4 Å². The summed E-state index contributed by atoms with van der Waals surface area (Å²) in [7, 11) is 1.82.